The van der Waals surface area contributed by atoms with Crippen LogP contribution in [0.5, 0.6) is 0 Å². The number of imide groups is 1. The molecule has 1 aliphatic rings. The Kier molecular flexibility index (Phi) is 5.72. The lowest BCUT2D eigenvalue weighted by atomic mass is 10.1. The first-order valence-electron chi connectivity index (χ1n) is 9.99. The van der Waals surface area contributed by atoms with Gasteiger partial charge in [-0.05, 0) is 42.0 Å². The molecule has 1 aromatic heterocycles. The van der Waals surface area contributed by atoms with Gasteiger partial charge in [0.05, 0.1) is 16.1 Å². The lowest BCUT2D eigenvalue weighted by molar-refractivity contribution is -0.116. The number of carbonyl (C=O) groups is 2. The van der Waals surface area contributed by atoms with Crippen LogP contribution in [0.1, 0.15) is 5.56 Å². The number of aromatic nitrogens is 1. The van der Waals surface area contributed by atoms with E-state index < -0.39 is 32.2 Å². The number of alkyl halides is 3. The molecule has 0 atom stereocenters. The van der Waals surface area contributed by atoms with Gasteiger partial charge in [0.1, 0.15) is 12.4 Å². The number of amides is 3. The molecule has 0 bridgehead atoms. The van der Waals surface area contributed by atoms with Gasteiger partial charge in [0.15, 0.2) is 0 Å². The number of sulfone groups is 1. The van der Waals surface area contributed by atoms with Crippen LogP contribution in [0.25, 0.3) is 10.9 Å². The molecule has 34 heavy (non-hydrogen) atoms. The van der Waals surface area contributed by atoms with E-state index in [4.69, 9.17) is 0 Å². The Labute approximate surface area is 193 Å². The summed E-state index contributed by atoms with van der Waals surface area (Å²) in [5, 5.41) is 0.813. The fourth-order valence-electron chi connectivity index (χ4n) is 3.63. The summed E-state index contributed by atoms with van der Waals surface area (Å²) in [7, 11) is -1.88. The lowest BCUT2D eigenvalue weighted by Crippen LogP contribution is -2.33. The van der Waals surface area contributed by atoms with E-state index in [1.807, 2.05) is 49.3 Å². The molecule has 0 aliphatic carbocycles. The summed E-state index contributed by atoms with van der Waals surface area (Å²) in [6.07, 6.45) is 0. The van der Waals surface area contributed by atoms with Crippen LogP contribution < -0.4 is 9.80 Å². The van der Waals surface area contributed by atoms with Gasteiger partial charge in [-0.2, -0.15) is 13.2 Å². The number of fused-ring (bicyclic) bond motifs is 1. The number of nitrogens with zero attached hydrogens (tertiary/aromatic N) is 4. The molecule has 1 aliphatic heterocycles. The summed E-state index contributed by atoms with van der Waals surface area (Å²) in [5.74, 6) is 0.0904. The van der Waals surface area contributed by atoms with Crippen LogP contribution in [0.4, 0.5) is 29.5 Å². The third-order valence-electron chi connectivity index (χ3n) is 5.35. The van der Waals surface area contributed by atoms with Crippen LogP contribution in [0.2, 0.25) is 0 Å². The molecule has 0 spiro atoms. The molecule has 8 nitrogen and oxygen atoms in total. The molecule has 178 valence electrons. The average molecular weight is 492 g/mol. The van der Waals surface area contributed by atoms with E-state index in [0.29, 0.717) is 5.82 Å². The Balaban J connectivity index is 1.62. The molecule has 0 N–H and O–H groups in total. The number of rotatable bonds is 5. The Hall–Kier alpha value is -3.67. The van der Waals surface area contributed by atoms with Crippen LogP contribution in [-0.2, 0) is 21.2 Å². The highest BCUT2D eigenvalue weighted by molar-refractivity contribution is 7.92. The molecule has 0 saturated carbocycles. The van der Waals surface area contributed by atoms with Crippen molar-refractivity contribution in [1.29, 1.82) is 0 Å². The number of pyridine rings is 1. The molecule has 2 heterocycles. The van der Waals surface area contributed by atoms with E-state index in [1.54, 1.807) is 0 Å². The third-order valence-corrected chi connectivity index (χ3v) is 6.86. The van der Waals surface area contributed by atoms with Crippen LogP contribution in [0, 0.1) is 0 Å². The second kappa shape index (κ2) is 8.28. The minimum atomic E-state index is -5.54. The van der Waals surface area contributed by atoms with Gasteiger partial charge in [0, 0.05) is 26.0 Å². The number of hydrogen-bond donors (Lipinski definition) is 0. The maximum atomic E-state index is 13.0. The highest BCUT2D eigenvalue weighted by Crippen LogP contribution is 2.32. The van der Waals surface area contributed by atoms with Gasteiger partial charge in [-0.1, -0.05) is 18.2 Å². The van der Waals surface area contributed by atoms with E-state index >= 15 is 0 Å². The minimum Gasteiger partial charge on any atom is -0.363 e. The summed E-state index contributed by atoms with van der Waals surface area (Å²) in [4.78, 5) is 33.2. The fourth-order valence-corrected chi connectivity index (χ4v) is 4.39. The average Bonchev–Trinajstić information content (AvgIpc) is 3.05. The second-order valence-corrected chi connectivity index (χ2v) is 9.80. The van der Waals surface area contributed by atoms with Crippen molar-refractivity contribution < 1.29 is 31.2 Å². The first-order valence-corrected chi connectivity index (χ1v) is 11.5. The van der Waals surface area contributed by atoms with Crippen molar-refractivity contribution in [1.82, 2.24) is 9.88 Å². The number of benzene rings is 2. The van der Waals surface area contributed by atoms with Crippen molar-refractivity contribution in [2.45, 2.75) is 16.9 Å². The van der Waals surface area contributed by atoms with Gasteiger partial charge in [-0.3, -0.25) is 4.79 Å². The SMILES string of the molecule is CN(C)c1cc(CN2CC(=O)N(c3ccc(S(=O)(=O)C(F)(F)F)cc3)C2=O)c2ccccc2n1. The van der Waals surface area contributed by atoms with Gasteiger partial charge in [-0.25, -0.2) is 23.1 Å². The Morgan fingerprint density at radius 1 is 1.03 bits per heavy atom. The zero-order chi connectivity index (χ0) is 24.8. The molecule has 3 aromatic rings. The maximum Gasteiger partial charge on any atom is 0.501 e. The normalized spacial score (nSPS) is 14.9. The third kappa shape index (κ3) is 4.04. The second-order valence-electron chi connectivity index (χ2n) is 7.86. The van der Waals surface area contributed by atoms with E-state index in [-0.39, 0.29) is 18.8 Å². The summed E-state index contributed by atoms with van der Waals surface area (Å²) in [6.45, 7) is -0.138. The number of para-hydroxylation sites is 1. The number of carbonyl (C=O) groups excluding carboxylic acids is 2. The van der Waals surface area contributed by atoms with Crippen LogP contribution in [0.15, 0.2) is 59.5 Å². The molecule has 3 amide bonds. The summed E-state index contributed by atoms with van der Waals surface area (Å²) in [5.41, 5.74) is -3.99. The molecule has 2 aromatic carbocycles. The topological polar surface area (TPSA) is 90.9 Å². The van der Waals surface area contributed by atoms with Crippen molar-refractivity contribution in [3.05, 3.63) is 60.2 Å². The molecule has 0 radical (unpaired) electrons. The molecule has 1 saturated heterocycles. The highest BCUT2D eigenvalue weighted by Gasteiger charge is 2.47. The predicted molar refractivity (Wildman–Crippen MR) is 119 cm³/mol. The van der Waals surface area contributed by atoms with Gasteiger partial charge >= 0.3 is 11.5 Å². The van der Waals surface area contributed by atoms with E-state index in [1.165, 1.54) is 4.90 Å². The fraction of sp³-hybridized carbons (Fsp3) is 0.227. The molecule has 12 heteroatoms. The van der Waals surface area contributed by atoms with Gasteiger partial charge in [0.25, 0.3) is 15.7 Å². The molecule has 4 rings (SSSR count). The number of hydrogen-bond acceptors (Lipinski definition) is 6. The van der Waals surface area contributed by atoms with Gasteiger partial charge in [0.2, 0.25) is 0 Å². The zero-order valence-corrected chi connectivity index (χ0v) is 18.9. The summed E-state index contributed by atoms with van der Waals surface area (Å²) < 4.78 is 61.4. The van der Waals surface area contributed by atoms with Crippen LogP contribution in [-0.4, -0.2) is 56.4 Å². The standard InChI is InChI=1S/C22H19F3N4O4S/c1-27(2)19-11-14(17-5-3-4-6-18(17)26-19)12-28-13-20(30)29(21(28)31)15-7-9-16(10-8-15)34(32,33)22(23,24)25/h3-11H,12-13H2,1-2H3. The number of halogens is 3. The largest absolute Gasteiger partial charge is 0.501 e. The Morgan fingerprint density at radius 2 is 1.68 bits per heavy atom. The zero-order valence-electron chi connectivity index (χ0n) is 18.1. The van der Waals surface area contributed by atoms with Crippen LogP contribution in [0.3, 0.4) is 0 Å². The minimum absolute atomic E-state index is 0.0211. The smallest absolute Gasteiger partial charge is 0.363 e. The predicted octanol–water partition coefficient (Wildman–Crippen LogP) is 3.56. The monoisotopic (exact) mass is 492 g/mol. The first-order chi connectivity index (χ1) is 15.9. The summed E-state index contributed by atoms with van der Waals surface area (Å²) >= 11 is 0. The quantitative estimate of drug-likeness (QED) is 0.506. The lowest BCUT2D eigenvalue weighted by Gasteiger charge is -2.20. The van der Waals surface area contributed by atoms with Crippen LogP contribution >= 0.6 is 0 Å². The number of urea groups is 1. The van der Waals surface area contributed by atoms with E-state index in [0.717, 1.165) is 45.6 Å². The van der Waals surface area contributed by atoms with E-state index in [9.17, 15) is 31.2 Å². The van der Waals surface area contributed by atoms with Gasteiger partial charge in [-0.15, -0.1) is 0 Å². The Bertz CT molecular complexity index is 1390. The first kappa shape index (κ1) is 23.5. The molecule has 0 unspecified atom stereocenters. The molecular formula is C22H19F3N4O4S. The van der Waals surface area contributed by atoms with E-state index in [2.05, 4.69) is 4.98 Å². The summed E-state index contributed by atoms with van der Waals surface area (Å²) in [6, 6.07) is 12.0. The Morgan fingerprint density at radius 3 is 2.29 bits per heavy atom. The van der Waals surface area contributed by atoms with Crippen molar-refractivity contribution in [3.63, 3.8) is 0 Å². The number of anilines is 2. The molecule has 1 fully saturated rings. The van der Waals surface area contributed by atoms with Crippen molar-refractivity contribution >= 4 is 44.2 Å². The van der Waals surface area contributed by atoms with Crippen molar-refractivity contribution in [2.24, 2.45) is 0 Å². The maximum absolute atomic E-state index is 13.0. The van der Waals surface area contributed by atoms with Crippen molar-refractivity contribution in [3.8, 4) is 0 Å². The van der Waals surface area contributed by atoms with Crippen molar-refractivity contribution in [2.75, 3.05) is 30.4 Å². The highest BCUT2D eigenvalue weighted by atomic mass is 32.2. The van der Waals surface area contributed by atoms with Gasteiger partial charge < -0.3 is 9.80 Å². The molecular weight excluding hydrogens is 473 g/mol.